The predicted molar refractivity (Wildman–Crippen MR) is 130 cm³/mol. The Balaban J connectivity index is 1.23. The SMILES string of the molecule is C[C@]12CC[C@H]3[C@@H](CC=C4C[C@@H](O)CC[C@@]43C)[C@@H]1CC[C@@H]2[C@H]1CN(c2ccc(Cl)cc2)C(=O)O1. The van der Waals surface area contributed by atoms with Gasteiger partial charge in [-0.3, -0.25) is 4.90 Å². The van der Waals surface area contributed by atoms with Gasteiger partial charge >= 0.3 is 6.09 Å². The van der Waals surface area contributed by atoms with E-state index in [4.69, 9.17) is 16.3 Å². The highest BCUT2D eigenvalue weighted by Gasteiger charge is 2.61. The standard InChI is InChI=1S/C28H36ClNO3/c1-27-13-11-20(31)15-17(27)3-8-21-22-9-10-24(28(22,2)14-12-23(21)27)25-16-30(26(32)33-25)19-6-4-18(29)5-7-19/h3-7,20-25,31H,8-16H2,1-2H3/t20-,21-,22-,23-,24+,25+,27-,28-/m0/s1. The Kier molecular flexibility index (Phi) is 5.16. The first-order chi connectivity index (χ1) is 15.8. The summed E-state index contributed by atoms with van der Waals surface area (Å²) in [6.45, 7) is 5.62. The number of hydrogen-bond donors (Lipinski definition) is 1. The van der Waals surface area contributed by atoms with Gasteiger partial charge in [-0.25, -0.2) is 4.79 Å². The van der Waals surface area contributed by atoms with Crippen molar-refractivity contribution in [1.29, 1.82) is 0 Å². The summed E-state index contributed by atoms with van der Waals surface area (Å²) in [5, 5.41) is 10.9. The van der Waals surface area contributed by atoms with Crippen molar-refractivity contribution in [3.8, 4) is 0 Å². The first-order valence-corrected chi connectivity index (χ1v) is 13.3. The molecule has 1 aliphatic heterocycles. The summed E-state index contributed by atoms with van der Waals surface area (Å²) in [7, 11) is 0. The maximum atomic E-state index is 12.8. The molecule has 0 aromatic heterocycles. The molecule has 1 amide bonds. The number of cyclic esters (lactones) is 1. The van der Waals surface area contributed by atoms with Gasteiger partial charge in [-0.1, -0.05) is 37.1 Å². The van der Waals surface area contributed by atoms with Crippen molar-refractivity contribution in [1.82, 2.24) is 0 Å². The lowest BCUT2D eigenvalue weighted by molar-refractivity contribution is -0.0657. The fourth-order valence-electron chi connectivity index (χ4n) is 8.82. The number of fused-ring (bicyclic) bond motifs is 5. The zero-order valence-electron chi connectivity index (χ0n) is 19.8. The maximum Gasteiger partial charge on any atom is 0.414 e. The van der Waals surface area contributed by atoms with Crippen LogP contribution in [-0.4, -0.2) is 30.0 Å². The zero-order chi connectivity index (χ0) is 23.0. The summed E-state index contributed by atoms with van der Waals surface area (Å²) >= 11 is 6.05. The number of allylic oxidation sites excluding steroid dienone is 1. The van der Waals surface area contributed by atoms with Crippen LogP contribution < -0.4 is 4.90 Å². The van der Waals surface area contributed by atoms with Crippen molar-refractivity contribution < 1.29 is 14.6 Å². The van der Waals surface area contributed by atoms with Gasteiger partial charge in [0.2, 0.25) is 0 Å². The quantitative estimate of drug-likeness (QED) is 0.496. The summed E-state index contributed by atoms with van der Waals surface area (Å²) in [6.07, 6.45) is 11.1. The number of nitrogens with zero attached hydrogens (tertiary/aromatic N) is 1. The van der Waals surface area contributed by atoms with Crippen LogP contribution in [0.25, 0.3) is 0 Å². The number of halogens is 1. The first-order valence-electron chi connectivity index (χ1n) is 12.9. The van der Waals surface area contributed by atoms with E-state index in [1.54, 1.807) is 4.90 Å². The van der Waals surface area contributed by atoms with Crippen molar-refractivity contribution in [2.24, 2.45) is 34.5 Å². The Labute approximate surface area is 202 Å². The lowest BCUT2D eigenvalue weighted by Gasteiger charge is -2.58. The van der Waals surface area contributed by atoms with E-state index in [2.05, 4.69) is 19.9 Å². The van der Waals surface area contributed by atoms with Gasteiger partial charge in [-0.2, -0.15) is 0 Å². The van der Waals surface area contributed by atoms with Crippen molar-refractivity contribution in [3.63, 3.8) is 0 Å². The van der Waals surface area contributed by atoms with Crippen molar-refractivity contribution in [2.45, 2.75) is 77.4 Å². The number of hydrogen-bond acceptors (Lipinski definition) is 3. The molecule has 0 radical (unpaired) electrons. The highest BCUT2D eigenvalue weighted by Crippen LogP contribution is 2.67. The number of rotatable bonds is 2. The van der Waals surface area contributed by atoms with Crippen LogP contribution >= 0.6 is 11.6 Å². The number of aliphatic hydroxyl groups is 1. The van der Waals surface area contributed by atoms with Crippen molar-refractivity contribution in [3.05, 3.63) is 40.9 Å². The topological polar surface area (TPSA) is 49.8 Å². The van der Waals surface area contributed by atoms with E-state index in [9.17, 15) is 9.90 Å². The molecule has 0 unspecified atom stereocenters. The normalized spacial score (nSPS) is 44.5. The molecular formula is C28H36ClNO3. The molecule has 1 aromatic carbocycles. The molecule has 0 bridgehead atoms. The van der Waals surface area contributed by atoms with Gasteiger partial charge in [0, 0.05) is 16.6 Å². The largest absolute Gasteiger partial charge is 0.444 e. The molecule has 4 fully saturated rings. The lowest BCUT2D eigenvalue weighted by Crippen LogP contribution is -2.51. The Bertz CT molecular complexity index is 976. The van der Waals surface area contributed by atoms with Gasteiger partial charge in [0.05, 0.1) is 12.6 Å². The number of carbonyl (C=O) groups excluding carboxylic acids is 1. The van der Waals surface area contributed by atoms with E-state index in [1.807, 2.05) is 24.3 Å². The third-order valence-corrected chi connectivity index (χ3v) is 10.8. The summed E-state index contributed by atoms with van der Waals surface area (Å²) in [4.78, 5) is 14.6. The van der Waals surface area contributed by atoms with Crippen LogP contribution in [0.2, 0.25) is 5.02 Å². The Morgan fingerprint density at radius 1 is 1.03 bits per heavy atom. The van der Waals surface area contributed by atoms with Crippen LogP contribution in [0.3, 0.4) is 0 Å². The van der Waals surface area contributed by atoms with E-state index in [0.29, 0.717) is 23.4 Å². The minimum absolute atomic E-state index is 0.0326. The summed E-state index contributed by atoms with van der Waals surface area (Å²) in [5.74, 6) is 2.59. The van der Waals surface area contributed by atoms with Crippen LogP contribution in [0.15, 0.2) is 35.9 Å². The Morgan fingerprint density at radius 3 is 2.58 bits per heavy atom. The molecule has 5 aliphatic rings. The van der Waals surface area contributed by atoms with E-state index < -0.39 is 0 Å². The Hall–Kier alpha value is -1.52. The molecule has 6 rings (SSSR count). The summed E-state index contributed by atoms with van der Waals surface area (Å²) in [6, 6.07) is 7.48. The third-order valence-electron chi connectivity index (χ3n) is 10.6. The van der Waals surface area contributed by atoms with E-state index in [0.717, 1.165) is 49.6 Å². The van der Waals surface area contributed by atoms with Crippen LogP contribution in [-0.2, 0) is 4.74 Å². The monoisotopic (exact) mass is 469 g/mol. The fourth-order valence-corrected chi connectivity index (χ4v) is 8.95. The molecule has 0 spiro atoms. The van der Waals surface area contributed by atoms with Crippen LogP contribution in [0.5, 0.6) is 0 Å². The van der Waals surface area contributed by atoms with Crippen LogP contribution in [0.1, 0.15) is 65.2 Å². The van der Waals surface area contributed by atoms with Gasteiger partial charge < -0.3 is 9.84 Å². The highest BCUT2D eigenvalue weighted by atomic mass is 35.5. The van der Waals surface area contributed by atoms with Crippen LogP contribution in [0.4, 0.5) is 10.5 Å². The molecule has 1 saturated heterocycles. The molecule has 33 heavy (non-hydrogen) atoms. The number of carbonyl (C=O) groups is 1. The number of amides is 1. The zero-order valence-corrected chi connectivity index (χ0v) is 20.6. The minimum atomic E-state index is -0.221. The fraction of sp³-hybridized carbons (Fsp3) is 0.679. The molecule has 1 N–H and O–H groups in total. The molecular weight excluding hydrogens is 434 g/mol. The number of anilines is 1. The number of benzene rings is 1. The summed E-state index contributed by atoms with van der Waals surface area (Å²) < 4.78 is 6.02. The predicted octanol–water partition coefficient (Wildman–Crippen LogP) is 6.61. The second-order valence-electron chi connectivity index (χ2n) is 11.9. The molecule has 4 nitrogen and oxygen atoms in total. The molecule has 3 saturated carbocycles. The molecule has 1 heterocycles. The Morgan fingerprint density at radius 2 is 1.79 bits per heavy atom. The third kappa shape index (κ3) is 3.31. The molecule has 178 valence electrons. The van der Waals surface area contributed by atoms with Gasteiger partial charge in [0.25, 0.3) is 0 Å². The van der Waals surface area contributed by atoms with Crippen LogP contribution in [0, 0.1) is 34.5 Å². The molecule has 8 atom stereocenters. The first kappa shape index (κ1) is 22.0. The highest BCUT2D eigenvalue weighted by molar-refractivity contribution is 6.30. The summed E-state index contributed by atoms with van der Waals surface area (Å²) in [5.41, 5.74) is 2.90. The van der Waals surface area contributed by atoms with Gasteiger partial charge in [0.1, 0.15) is 6.10 Å². The van der Waals surface area contributed by atoms with Crippen molar-refractivity contribution in [2.75, 3.05) is 11.4 Å². The molecule has 5 heteroatoms. The average Bonchev–Trinajstić information content (AvgIpc) is 3.34. The van der Waals surface area contributed by atoms with E-state index >= 15 is 0 Å². The molecule has 4 aliphatic carbocycles. The second-order valence-corrected chi connectivity index (χ2v) is 12.3. The maximum absolute atomic E-state index is 12.8. The van der Waals surface area contributed by atoms with Gasteiger partial charge in [-0.15, -0.1) is 0 Å². The minimum Gasteiger partial charge on any atom is -0.444 e. The second kappa shape index (κ2) is 7.75. The van der Waals surface area contributed by atoms with Crippen molar-refractivity contribution >= 4 is 23.4 Å². The number of ether oxygens (including phenoxy) is 1. The van der Waals surface area contributed by atoms with E-state index in [-0.39, 0.29) is 29.1 Å². The van der Waals surface area contributed by atoms with Gasteiger partial charge in [-0.05, 0) is 104 Å². The van der Waals surface area contributed by atoms with Gasteiger partial charge in [0.15, 0.2) is 0 Å². The lowest BCUT2D eigenvalue weighted by atomic mass is 9.47. The molecule has 1 aromatic rings. The number of aliphatic hydroxyl groups excluding tert-OH is 1. The average molecular weight is 470 g/mol. The smallest absolute Gasteiger partial charge is 0.414 e. The van der Waals surface area contributed by atoms with E-state index in [1.165, 1.54) is 24.8 Å².